The molecule has 0 radical (unpaired) electrons. The smallest absolute Gasteiger partial charge is 0.245 e. The summed E-state index contributed by atoms with van der Waals surface area (Å²) in [6.45, 7) is 0. The van der Waals surface area contributed by atoms with E-state index in [1.807, 2.05) is 18.2 Å². The fourth-order valence-corrected chi connectivity index (χ4v) is 1.62. The zero-order valence-corrected chi connectivity index (χ0v) is 8.98. The van der Waals surface area contributed by atoms with Crippen molar-refractivity contribution in [2.24, 2.45) is 5.73 Å². The molecule has 3 nitrogen and oxygen atoms in total. The third kappa shape index (κ3) is 1.70. The monoisotopic (exact) mass is 262 g/mol. The molecule has 1 amide bonds. The molecular formula is C8H8BrClN2O. The van der Waals surface area contributed by atoms with Gasteiger partial charge in [0.05, 0.1) is 0 Å². The second kappa shape index (κ2) is 3.65. The van der Waals surface area contributed by atoms with Crippen molar-refractivity contribution in [1.29, 1.82) is 0 Å². The molecule has 2 rings (SSSR count). The second-order valence-corrected chi connectivity index (χ2v) is 3.61. The van der Waals surface area contributed by atoms with Crippen LogP contribution in [-0.4, -0.2) is 5.91 Å². The highest BCUT2D eigenvalue weighted by Crippen LogP contribution is 2.31. The first-order chi connectivity index (χ1) is 5.68. The Morgan fingerprint density at radius 3 is 2.85 bits per heavy atom. The molecule has 1 aromatic rings. The molecule has 1 aliphatic heterocycles. The van der Waals surface area contributed by atoms with Gasteiger partial charge in [-0.2, -0.15) is 0 Å². The van der Waals surface area contributed by atoms with E-state index in [1.54, 1.807) is 0 Å². The Balaban J connectivity index is 0.000000845. The van der Waals surface area contributed by atoms with Gasteiger partial charge in [-0.3, -0.25) is 4.79 Å². The maximum Gasteiger partial charge on any atom is 0.245 e. The van der Waals surface area contributed by atoms with Gasteiger partial charge in [0.1, 0.15) is 6.04 Å². The molecule has 70 valence electrons. The minimum atomic E-state index is -0.506. The number of rotatable bonds is 0. The number of fused-ring (bicyclic) bond motifs is 1. The third-order valence-corrected chi connectivity index (χ3v) is 2.38. The summed E-state index contributed by atoms with van der Waals surface area (Å²) in [5, 5.41) is 2.69. The fourth-order valence-electron chi connectivity index (χ4n) is 1.26. The molecule has 0 saturated carbocycles. The lowest BCUT2D eigenvalue weighted by Gasteiger charge is -1.99. The SMILES string of the molecule is Cl.NC1C(=O)Nc2cc(Br)ccc21. The maximum atomic E-state index is 11.1. The summed E-state index contributed by atoms with van der Waals surface area (Å²) in [7, 11) is 0. The highest BCUT2D eigenvalue weighted by atomic mass is 79.9. The molecule has 5 heteroatoms. The minimum absolute atomic E-state index is 0. The average molecular weight is 264 g/mol. The van der Waals surface area contributed by atoms with E-state index < -0.39 is 6.04 Å². The number of hydrogen-bond donors (Lipinski definition) is 2. The summed E-state index contributed by atoms with van der Waals surface area (Å²) >= 11 is 3.31. The van der Waals surface area contributed by atoms with Gasteiger partial charge in [-0.05, 0) is 12.1 Å². The van der Waals surface area contributed by atoms with Gasteiger partial charge in [0, 0.05) is 15.7 Å². The summed E-state index contributed by atoms with van der Waals surface area (Å²) in [5.41, 5.74) is 7.28. The lowest BCUT2D eigenvalue weighted by molar-refractivity contribution is -0.116. The van der Waals surface area contributed by atoms with Crippen molar-refractivity contribution in [2.45, 2.75) is 6.04 Å². The van der Waals surface area contributed by atoms with Crippen LogP contribution in [-0.2, 0) is 4.79 Å². The van der Waals surface area contributed by atoms with E-state index in [0.717, 1.165) is 15.7 Å². The number of carbonyl (C=O) groups excluding carboxylic acids is 1. The van der Waals surface area contributed by atoms with E-state index in [0.29, 0.717) is 0 Å². The predicted molar refractivity (Wildman–Crippen MR) is 56.9 cm³/mol. The number of nitrogens with one attached hydrogen (secondary N) is 1. The van der Waals surface area contributed by atoms with Crippen LogP contribution in [0.15, 0.2) is 22.7 Å². The average Bonchev–Trinajstić information content (AvgIpc) is 2.28. The molecule has 1 unspecified atom stereocenters. The molecule has 1 aliphatic rings. The van der Waals surface area contributed by atoms with Crippen molar-refractivity contribution in [3.8, 4) is 0 Å². The number of anilines is 1. The van der Waals surface area contributed by atoms with Crippen LogP contribution in [0.3, 0.4) is 0 Å². The maximum absolute atomic E-state index is 11.1. The first-order valence-electron chi connectivity index (χ1n) is 3.54. The number of benzene rings is 1. The van der Waals surface area contributed by atoms with E-state index in [2.05, 4.69) is 21.2 Å². The molecule has 0 fully saturated rings. The van der Waals surface area contributed by atoms with Crippen LogP contribution in [0.5, 0.6) is 0 Å². The topological polar surface area (TPSA) is 55.1 Å². The number of amides is 1. The molecule has 1 atom stereocenters. The van der Waals surface area contributed by atoms with Crippen molar-refractivity contribution in [1.82, 2.24) is 0 Å². The van der Waals surface area contributed by atoms with Gasteiger partial charge in [-0.1, -0.05) is 22.0 Å². The number of nitrogens with two attached hydrogens (primary N) is 1. The van der Waals surface area contributed by atoms with Crippen LogP contribution in [0.25, 0.3) is 0 Å². The molecule has 1 heterocycles. The van der Waals surface area contributed by atoms with Crippen LogP contribution in [0.4, 0.5) is 5.69 Å². The first-order valence-corrected chi connectivity index (χ1v) is 4.33. The van der Waals surface area contributed by atoms with Crippen LogP contribution >= 0.6 is 28.3 Å². The number of carbonyl (C=O) groups is 1. The molecule has 3 N–H and O–H groups in total. The molecule has 0 aromatic heterocycles. The Labute approximate surface area is 90.2 Å². The van der Waals surface area contributed by atoms with Gasteiger partial charge in [0.25, 0.3) is 0 Å². The van der Waals surface area contributed by atoms with E-state index in [9.17, 15) is 4.79 Å². The van der Waals surface area contributed by atoms with Gasteiger partial charge < -0.3 is 11.1 Å². The largest absolute Gasteiger partial charge is 0.324 e. The van der Waals surface area contributed by atoms with Crippen molar-refractivity contribution >= 4 is 39.9 Å². The molecule has 13 heavy (non-hydrogen) atoms. The van der Waals surface area contributed by atoms with Gasteiger partial charge in [0.2, 0.25) is 5.91 Å². The number of halogens is 2. The summed E-state index contributed by atoms with van der Waals surface area (Å²) in [4.78, 5) is 11.1. The van der Waals surface area contributed by atoms with Crippen molar-refractivity contribution in [3.63, 3.8) is 0 Å². The Bertz CT molecular complexity index is 356. The summed E-state index contributed by atoms with van der Waals surface area (Å²) < 4.78 is 0.940. The van der Waals surface area contributed by atoms with Crippen molar-refractivity contribution in [2.75, 3.05) is 5.32 Å². The summed E-state index contributed by atoms with van der Waals surface area (Å²) in [6.07, 6.45) is 0. The van der Waals surface area contributed by atoms with E-state index in [4.69, 9.17) is 5.73 Å². The van der Waals surface area contributed by atoms with Crippen LogP contribution < -0.4 is 11.1 Å². The molecule has 0 aliphatic carbocycles. The van der Waals surface area contributed by atoms with E-state index in [1.165, 1.54) is 0 Å². The molecule has 1 aromatic carbocycles. The lowest BCUT2D eigenvalue weighted by atomic mass is 10.1. The van der Waals surface area contributed by atoms with Crippen LogP contribution in [0, 0.1) is 0 Å². The fraction of sp³-hybridized carbons (Fsp3) is 0.125. The Morgan fingerprint density at radius 1 is 1.46 bits per heavy atom. The zero-order chi connectivity index (χ0) is 8.72. The standard InChI is InChI=1S/C8H7BrN2O.ClH/c9-4-1-2-5-6(3-4)11-8(12)7(5)10;/h1-3,7H,10H2,(H,11,12);1H. The summed E-state index contributed by atoms with van der Waals surface area (Å²) in [6, 6.07) is 5.06. The van der Waals surface area contributed by atoms with E-state index in [-0.39, 0.29) is 18.3 Å². The van der Waals surface area contributed by atoms with Crippen LogP contribution in [0.2, 0.25) is 0 Å². The molecule has 0 bridgehead atoms. The molecule has 0 saturated heterocycles. The minimum Gasteiger partial charge on any atom is -0.324 e. The first kappa shape index (κ1) is 10.5. The second-order valence-electron chi connectivity index (χ2n) is 2.70. The third-order valence-electron chi connectivity index (χ3n) is 1.89. The van der Waals surface area contributed by atoms with Crippen LogP contribution in [0.1, 0.15) is 11.6 Å². The Morgan fingerprint density at radius 2 is 2.15 bits per heavy atom. The van der Waals surface area contributed by atoms with Gasteiger partial charge >= 0.3 is 0 Å². The quantitative estimate of drug-likeness (QED) is 0.750. The highest BCUT2D eigenvalue weighted by Gasteiger charge is 2.26. The Hall–Kier alpha value is -0.580. The van der Waals surface area contributed by atoms with Crippen molar-refractivity contribution in [3.05, 3.63) is 28.2 Å². The predicted octanol–water partition coefficient (Wildman–Crippen LogP) is 1.82. The molecule has 0 spiro atoms. The zero-order valence-electron chi connectivity index (χ0n) is 6.58. The highest BCUT2D eigenvalue weighted by molar-refractivity contribution is 9.10. The Kier molecular flexibility index (Phi) is 2.95. The van der Waals surface area contributed by atoms with Gasteiger partial charge in [0.15, 0.2) is 0 Å². The van der Waals surface area contributed by atoms with Gasteiger partial charge in [-0.25, -0.2) is 0 Å². The van der Waals surface area contributed by atoms with Gasteiger partial charge in [-0.15, -0.1) is 12.4 Å². The molecular weight excluding hydrogens is 255 g/mol. The summed E-state index contributed by atoms with van der Waals surface area (Å²) in [5.74, 6) is -0.136. The number of hydrogen-bond acceptors (Lipinski definition) is 2. The van der Waals surface area contributed by atoms with E-state index >= 15 is 0 Å². The normalized spacial score (nSPS) is 18.9. The lowest BCUT2D eigenvalue weighted by Crippen LogP contribution is -2.19. The van der Waals surface area contributed by atoms with Crippen molar-refractivity contribution < 1.29 is 4.79 Å².